The van der Waals surface area contributed by atoms with Crippen molar-refractivity contribution >= 4 is 0 Å². The highest BCUT2D eigenvalue weighted by Crippen LogP contribution is 2.45. The van der Waals surface area contributed by atoms with Crippen molar-refractivity contribution in [3.05, 3.63) is 72.9 Å². The van der Waals surface area contributed by atoms with E-state index in [1.54, 1.807) is 0 Å². The van der Waals surface area contributed by atoms with Crippen LogP contribution in [0.2, 0.25) is 0 Å². The first-order chi connectivity index (χ1) is 61.7. The molecule has 0 saturated carbocycles. The zero-order valence-electron chi connectivity index (χ0n) is 112. The van der Waals surface area contributed by atoms with E-state index in [2.05, 4.69) is 547 Å². The van der Waals surface area contributed by atoms with Crippen LogP contribution in [0.1, 0.15) is 643 Å². The highest BCUT2D eigenvalue weighted by atomic mass is 16.5. The number of allylic oxidation sites excluding steroid dienone is 12. The van der Waals surface area contributed by atoms with E-state index >= 15 is 0 Å². The molecule has 0 unspecified atom stereocenters. The fourth-order valence-electron chi connectivity index (χ4n) is 12.4. The van der Waals surface area contributed by atoms with E-state index in [1.165, 1.54) is 193 Å². The number of unbranched alkanes of at least 4 members (excludes halogenated alkanes) is 5. The normalized spacial score (nSPS) is 14.0. The number of nitrogens with one attached hydrogen (secondary N) is 1. The summed E-state index contributed by atoms with van der Waals surface area (Å²) in [7, 11) is 2.23. The van der Waals surface area contributed by atoms with Crippen LogP contribution in [0, 0.1) is 114 Å². The van der Waals surface area contributed by atoms with Gasteiger partial charge < -0.3 is 19.7 Å². The highest BCUT2D eigenvalue weighted by Gasteiger charge is 2.35. The fourth-order valence-corrected chi connectivity index (χ4v) is 12.4. The van der Waals surface area contributed by atoms with Gasteiger partial charge in [-0.25, -0.2) is 0 Å². The first kappa shape index (κ1) is 159. The van der Waals surface area contributed by atoms with Gasteiger partial charge in [-0.15, -0.1) is 0 Å². The molecule has 0 aliphatic rings. The Bertz CT molecular complexity index is 2900. The van der Waals surface area contributed by atoms with Crippen molar-refractivity contribution in [2.24, 2.45) is 114 Å². The van der Waals surface area contributed by atoms with Gasteiger partial charge in [-0.3, -0.25) is 0 Å². The van der Waals surface area contributed by atoms with Crippen LogP contribution in [0.3, 0.4) is 0 Å². The largest absolute Gasteiger partial charge is 0.381 e. The molecule has 0 aromatic heterocycles. The van der Waals surface area contributed by atoms with Gasteiger partial charge in [-0.2, -0.15) is 0 Å². The number of rotatable bonds is 38. The molecular formula is C137H284N2O2. The minimum Gasteiger partial charge on any atom is -0.381 e. The van der Waals surface area contributed by atoms with E-state index in [0.29, 0.717) is 119 Å². The third-order valence-corrected chi connectivity index (χ3v) is 25.9. The predicted octanol–water partition coefficient (Wildman–Crippen LogP) is 47.6. The smallest absolute Gasteiger partial charge is 0.0514 e. The highest BCUT2D eigenvalue weighted by molar-refractivity contribution is 4.95. The summed E-state index contributed by atoms with van der Waals surface area (Å²) in [5, 5.41) is 3.55. The molecule has 0 spiro atoms. The Morgan fingerprint density at radius 1 is 0.199 bits per heavy atom. The predicted molar refractivity (Wildman–Crippen MR) is 662 cm³/mol. The lowest BCUT2D eigenvalue weighted by Gasteiger charge is -2.39. The quantitative estimate of drug-likeness (QED) is 0.0493. The van der Waals surface area contributed by atoms with Gasteiger partial charge in [0.1, 0.15) is 0 Å². The first-order valence-corrected chi connectivity index (χ1v) is 58.3. The second kappa shape index (κ2) is 72.7. The third kappa shape index (κ3) is 151. The molecule has 4 heteroatoms. The molecule has 0 amide bonds. The average molecular weight is 1990 g/mol. The second-order valence-electron chi connectivity index (χ2n) is 68.4. The molecule has 4 nitrogen and oxygen atoms in total. The second-order valence-corrected chi connectivity index (χ2v) is 68.4. The van der Waals surface area contributed by atoms with Gasteiger partial charge in [-0.05, 0) is 342 Å². The van der Waals surface area contributed by atoms with E-state index < -0.39 is 0 Å². The molecule has 0 aromatic carbocycles. The Morgan fingerprint density at radius 3 is 0.638 bits per heavy atom. The standard InChI is InChI=1S/2C16H35N.C15H32O.C14H28.4C13H26.C12H26O.C12H24/c1-14(2,3)16(7,8)12-10-11-13-17(9)15(4,5)6;1-14(2,3)16(7,8)12-10-9-11-13-17-15(4,5)6;1-13(2,3)12-16-11-9-10-15(7,8)14(4,5)6;1-13(2,3)11-9-7-8-10-12-14(4,5)6;4*1-12(2,3)10-8-7-9-11-13(4,5)6;1-11(2,3)8-7-9-13-10-12(4,5)6;1-11(2,3)9-7-8-10-12(4,5)6/h10-13H2,1-9H3;17H,9-13H2,1-8H3;9-12H2,1-8H3;7,9H,8,10-12H2,1-6H3;8,10H,7,9,11H2,1-6H3;3*7-8H,9-11H2,1-6H3;7-10H2,1-6H3;7-8H,9-10H2,1-6H3/b;;;9-7+;10-8+;2*8-7+;8-7-;;8-7+. The van der Waals surface area contributed by atoms with Crippen molar-refractivity contribution in [1.82, 2.24) is 10.2 Å². The summed E-state index contributed by atoms with van der Waals surface area (Å²) >= 11 is 0. The van der Waals surface area contributed by atoms with E-state index in [-0.39, 0.29) is 5.54 Å². The van der Waals surface area contributed by atoms with Crippen molar-refractivity contribution in [3.8, 4) is 0 Å². The maximum Gasteiger partial charge on any atom is 0.0514 e. The summed E-state index contributed by atoms with van der Waals surface area (Å²) in [6.45, 7) is 157. The van der Waals surface area contributed by atoms with Crippen molar-refractivity contribution in [2.75, 3.05) is 46.6 Å². The summed E-state index contributed by atoms with van der Waals surface area (Å²) in [6.07, 6.45) is 64.5. The van der Waals surface area contributed by atoms with Crippen molar-refractivity contribution in [1.29, 1.82) is 0 Å². The minimum atomic E-state index is 0.269. The lowest BCUT2D eigenvalue weighted by atomic mass is 9.67. The Hall–Kier alpha value is -1.72. The Kier molecular flexibility index (Phi) is 82.2. The van der Waals surface area contributed by atoms with Crippen LogP contribution >= 0.6 is 0 Å². The molecule has 1 N–H and O–H groups in total. The Morgan fingerprint density at radius 2 is 0.418 bits per heavy atom. The SMILES string of the molecule is CC(C)(C)/C=C/CCCC(C)(C)C.CC(C)(C)C/C=C/CC(C)(C)C.CC(C)(C)C/C=C/CCC(C)(C)C.CC(C)(C)C/C=C/CCC(C)(C)C.CC(C)(C)C/C=C/CCCC(C)(C)C.CC(C)(C)C/C=C\CCC(C)(C)C.CC(C)(C)CCCOCC(C)(C)C.CC(C)(C)COCCCC(C)(C)C(C)(C)C.CC(C)(C)NCCCCCC(C)(C)C(C)(C)C.CN(CCCCC(C)(C)C(C)(C)C)C(C)(C)C. The summed E-state index contributed by atoms with van der Waals surface area (Å²) in [6, 6.07) is 0. The van der Waals surface area contributed by atoms with Gasteiger partial charge in [0, 0.05) is 24.3 Å². The number of hydrogen-bond acceptors (Lipinski definition) is 4. The molecule has 0 aromatic rings. The van der Waals surface area contributed by atoms with Crippen molar-refractivity contribution < 1.29 is 9.47 Å². The molecule has 854 valence electrons. The number of nitrogens with zero attached hydrogens (tertiary/aromatic N) is 1. The minimum absolute atomic E-state index is 0.269. The fraction of sp³-hybridized carbons (Fsp3) is 0.912. The first-order valence-electron chi connectivity index (χ1n) is 58.3. The number of ether oxygens (including phenoxy) is 2. The molecular weight excluding hydrogens is 1710 g/mol. The lowest BCUT2D eigenvalue weighted by Crippen LogP contribution is -2.38. The van der Waals surface area contributed by atoms with Gasteiger partial charge >= 0.3 is 0 Å². The van der Waals surface area contributed by atoms with Crippen LogP contribution in [0.5, 0.6) is 0 Å². The third-order valence-electron chi connectivity index (χ3n) is 25.9. The van der Waals surface area contributed by atoms with Gasteiger partial charge in [0.15, 0.2) is 0 Å². The lowest BCUT2D eigenvalue weighted by molar-refractivity contribution is 0.0507. The van der Waals surface area contributed by atoms with Gasteiger partial charge in [0.25, 0.3) is 0 Å². The maximum absolute atomic E-state index is 5.71. The molecule has 0 fully saturated rings. The molecule has 0 saturated heterocycles. The van der Waals surface area contributed by atoms with E-state index in [0.717, 1.165) is 33.0 Å². The van der Waals surface area contributed by atoms with E-state index in [4.69, 9.17) is 9.47 Å². The monoisotopic (exact) mass is 1990 g/mol. The van der Waals surface area contributed by atoms with Gasteiger partial charge in [0.05, 0.1) is 13.2 Å². The molecule has 0 heterocycles. The molecule has 0 radical (unpaired) electrons. The van der Waals surface area contributed by atoms with Crippen LogP contribution < -0.4 is 5.32 Å². The summed E-state index contributed by atoms with van der Waals surface area (Å²) < 4.78 is 11.3. The van der Waals surface area contributed by atoms with Crippen LogP contribution in [-0.2, 0) is 9.47 Å². The average Bonchev–Trinajstić information content (AvgIpc) is 0.852. The molecule has 141 heavy (non-hydrogen) atoms. The van der Waals surface area contributed by atoms with Crippen LogP contribution in [0.15, 0.2) is 72.9 Å². The van der Waals surface area contributed by atoms with Crippen LogP contribution in [0.4, 0.5) is 0 Å². The van der Waals surface area contributed by atoms with Crippen molar-refractivity contribution in [2.45, 2.75) is 654 Å². The van der Waals surface area contributed by atoms with E-state index in [9.17, 15) is 0 Å². The zero-order chi connectivity index (χ0) is 114. The molecule has 0 aliphatic carbocycles. The topological polar surface area (TPSA) is 33.7 Å². The van der Waals surface area contributed by atoms with Gasteiger partial charge in [0.2, 0.25) is 0 Å². The maximum atomic E-state index is 5.71. The Balaban J connectivity index is -0.000000169. The van der Waals surface area contributed by atoms with Crippen LogP contribution in [0.25, 0.3) is 0 Å². The van der Waals surface area contributed by atoms with Crippen LogP contribution in [-0.4, -0.2) is 62.5 Å². The van der Waals surface area contributed by atoms with Gasteiger partial charge in [-0.1, -0.05) is 508 Å². The molecule has 0 atom stereocenters. The Labute approximate surface area is 901 Å². The molecule has 0 rings (SSSR count). The summed E-state index contributed by atoms with van der Waals surface area (Å²) in [4.78, 5) is 2.46. The molecule has 0 bridgehead atoms. The molecule has 0 aliphatic heterocycles. The zero-order valence-corrected chi connectivity index (χ0v) is 112. The number of hydrogen-bond donors (Lipinski definition) is 1. The summed E-state index contributed by atoms with van der Waals surface area (Å²) in [5.74, 6) is 0. The van der Waals surface area contributed by atoms with Crippen molar-refractivity contribution in [3.63, 3.8) is 0 Å². The summed E-state index contributed by atoms with van der Waals surface area (Å²) in [5.41, 5.74) is 9.51. The van der Waals surface area contributed by atoms with E-state index in [1.807, 2.05) is 0 Å².